The quantitative estimate of drug-likeness (QED) is 0.747. The van der Waals surface area contributed by atoms with Gasteiger partial charge in [0.25, 0.3) is 0 Å². The van der Waals surface area contributed by atoms with Gasteiger partial charge in [-0.3, -0.25) is 9.69 Å². The number of fused-ring (bicyclic) bond motifs is 1. The molecule has 0 aromatic carbocycles. The summed E-state index contributed by atoms with van der Waals surface area (Å²) >= 11 is 5.14. The number of halogens is 1. The molecule has 2 aliphatic rings. The average molecular weight is 301 g/mol. The number of carbonyl (C=O) groups excluding carboxylic acids is 1. The van der Waals surface area contributed by atoms with E-state index in [-0.39, 0.29) is 10.7 Å². The molecule has 1 aliphatic carbocycles. The van der Waals surface area contributed by atoms with Crippen LogP contribution in [0.2, 0.25) is 0 Å². The molecule has 1 saturated heterocycles. The van der Waals surface area contributed by atoms with Gasteiger partial charge in [0.15, 0.2) is 5.13 Å². The average Bonchev–Trinajstić information content (AvgIpc) is 2.81. The van der Waals surface area contributed by atoms with Crippen molar-refractivity contribution in [2.24, 2.45) is 0 Å². The van der Waals surface area contributed by atoms with Crippen LogP contribution < -0.4 is 4.90 Å². The summed E-state index contributed by atoms with van der Waals surface area (Å²) in [7, 11) is 0. The molecule has 1 aliphatic heterocycles. The molecular formula is C11H13BrN2OS. The molecule has 1 atom stereocenters. The molecule has 16 heavy (non-hydrogen) atoms. The van der Waals surface area contributed by atoms with Crippen LogP contribution in [0, 0.1) is 0 Å². The van der Waals surface area contributed by atoms with Crippen LogP contribution in [0.1, 0.15) is 29.8 Å². The third kappa shape index (κ3) is 1.70. The first-order valence-electron chi connectivity index (χ1n) is 5.70. The van der Waals surface area contributed by atoms with Gasteiger partial charge >= 0.3 is 0 Å². The number of hydrogen-bond donors (Lipinski definition) is 0. The molecule has 86 valence electrons. The first-order valence-corrected chi connectivity index (χ1v) is 7.43. The molecule has 0 bridgehead atoms. The van der Waals surface area contributed by atoms with Crippen LogP contribution in [0.4, 0.5) is 5.13 Å². The van der Waals surface area contributed by atoms with E-state index in [1.54, 1.807) is 11.3 Å². The number of alkyl halides is 1. The Morgan fingerprint density at radius 2 is 2.25 bits per heavy atom. The van der Waals surface area contributed by atoms with Crippen LogP contribution in [0.15, 0.2) is 0 Å². The second-order valence-electron chi connectivity index (χ2n) is 4.32. The summed E-state index contributed by atoms with van der Waals surface area (Å²) in [5.74, 6) is 0.179. The van der Waals surface area contributed by atoms with Gasteiger partial charge < -0.3 is 0 Å². The van der Waals surface area contributed by atoms with E-state index in [0.29, 0.717) is 0 Å². The topological polar surface area (TPSA) is 33.2 Å². The molecule has 1 aromatic rings. The standard InChI is InChI=1S/C11H13BrN2OS/c12-7-3-2-6-14(10(7)15)11-13-8-4-1-5-9(8)16-11/h7H,1-6H2. The fourth-order valence-electron chi connectivity index (χ4n) is 2.31. The Hall–Kier alpha value is -0.420. The molecule has 3 rings (SSSR count). The molecular weight excluding hydrogens is 288 g/mol. The Morgan fingerprint density at radius 3 is 3.06 bits per heavy atom. The van der Waals surface area contributed by atoms with Gasteiger partial charge in [-0.25, -0.2) is 4.98 Å². The number of hydrogen-bond acceptors (Lipinski definition) is 3. The molecule has 5 heteroatoms. The van der Waals surface area contributed by atoms with Crippen LogP contribution in [-0.2, 0) is 17.6 Å². The number of anilines is 1. The van der Waals surface area contributed by atoms with E-state index in [1.165, 1.54) is 17.0 Å². The lowest BCUT2D eigenvalue weighted by molar-refractivity contribution is -0.118. The molecule has 1 aromatic heterocycles. The summed E-state index contributed by atoms with van der Waals surface area (Å²) < 4.78 is 0. The number of amides is 1. The van der Waals surface area contributed by atoms with E-state index >= 15 is 0 Å². The highest BCUT2D eigenvalue weighted by Crippen LogP contribution is 2.34. The predicted octanol–water partition coefficient (Wildman–Crippen LogP) is 2.52. The third-order valence-electron chi connectivity index (χ3n) is 3.19. The summed E-state index contributed by atoms with van der Waals surface area (Å²) in [6, 6.07) is 0. The van der Waals surface area contributed by atoms with Gasteiger partial charge in [0.2, 0.25) is 5.91 Å². The van der Waals surface area contributed by atoms with Crippen LogP contribution in [0.25, 0.3) is 0 Å². The molecule has 2 heterocycles. The molecule has 1 fully saturated rings. The van der Waals surface area contributed by atoms with Crippen molar-refractivity contribution in [3.8, 4) is 0 Å². The zero-order valence-electron chi connectivity index (χ0n) is 8.91. The molecule has 0 saturated carbocycles. The minimum atomic E-state index is -0.0139. The maximum atomic E-state index is 12.0. The van der Waals surface area contributed by atoms with E-state index in [9.17, 15) is 4.79 Å². The number of piperidine rings is 1. The van der Waals surface area contributed by atoms with Gasteiger partial charge in [0.1, 0.15) is 0 Å². The molecule has 0 radical (unpaired) electrons. The van der Waals surface area contributed by atoms with Crippen molar-refractivity contribution in [1.29, 1.82) is 0 Å². The Kier molecular flexibility index (Phi) is 2.75. The Balaban J connectivity index is 1.88. The highest BCUT2D eigenvalue weighted by Gasteiger charge is 2.30. The van der Waals surface area contributed by atoms with Crippen LogP contribution in [0.3, 0.4) is 0 Å². The molecule has 0 N–H and O–H groups in total. The monoisotopic (exact) mass is 300 g/mol. The molecule has 3 nitrogen and oxygen atoms in total. The van der Waals surface area contributed by atoms with E-state index in [4.69, 9.17) is 0 Å². The van der Waals surface area contributed by atoms with Gasteiger partial charge in [0, 0.05) is 11.4 Å². The highest BCUT2D eigenvalue weighted by molar-refractivity contribution is 9.10. The minimum Gasteiger partial charge on any atom is -0.287 e. The summed E-state index contributed by atoms with van der Waals surface area (Å²) in [4.78, 5) is 19.8. The van der Waals surface area contributed by atoms with Gasteiger partial charge in [-0.05, 0) is 32.1 Å². The normalized spacial score (nSPS) is 24.9. The number of aromatic nitrogens is 1. The van der Waals surface area contributed by atoms with E-state index in [2.05, 4.69) is 20.9 Å². The van der Waals surface area contributed by atoms with Crippen LogP contribution >= 0.6 is 27.3 Å². The maximum absolute atomic E-state index is 12.0. The SMILES string of the molecule is O=C1C(Br)CCCN1c1nc2c(s1)CCC2. The first-order chi connectivity index (χ1) is 7.75. The third-order valence-corrected chi connectivity index (χ3v) is 5.22. The number of thiazole rings is 1. The fraction of sp³-hybridized carbons (Fsp3) is 0.636. The molecule has 1 unspecified atom stereocenters. The van der Waals surface area contributed by atoms with Crippen molar-refractivity contribution in [1.82, 2.24) is 4.98 Å². The van der Waals surface area contributed by atoms with Crippen molar-refractivity contribution < 1.29 is 4.79 Å². The van der Waals surface area contributed by atoms with Crippen molar-refractivity contribution in [3.63, 3.8) is 0 Å². The largest absolute Gasteiger partial charge is 0.287 e. The van der Waals surface area contributed by atoms with Gasteiger partial charge in [-0.15, -0.1) is 11.3 Å². The lowest BCUT2D eigenvalue weighted by atomic mass is 10.1. The van der Waals surface area contributed by atoms with Crippen LogP contribution in [-0.4, -0.2) is 22.3 Å². The Labute approximate surface area is 107 Å². The number of nitrogens with zero attached hydrogens (tertiary/aromatic N) is 2. The van der Waals surface area contributed by atoms with Gasteiger partial charge in [-0.2, -0.15) is 0 Å². The van der Waals surface area contributed by atoms with Crippen molar-refractivity contribution in [2.45, 2.75) is 36.9 Å². The minimum absolute atomic E-state index is 0.0139. The summed E-state index contributed by atoms with van der Waals surface area (Å²) in [6.07, 6.45) is 5.47. The summed E-state index contributed by atoms with van der Waals surface area (Å²) in [5, 5.41) is 0.916. The van der Waals surface area contributed by atoms with Crippen molar-refractivity contribution >= 4 is 38.3 Å². The van der Waals surface area contributed by atoms with Gasteiger partial charge in [0.05, 0.1) is 10.5 Å². The second kappa shape index (κ2) is 4.11. The number of aryl methyl sites for hydroxylation is 2. The lowest BCUT2D eigenvalue weighted by Crippen LogP contribution is -2.41. The second-order valence-corrected chi connectivity index (χ2v) is 6.49. The highest BCUT2D eigenvalue weighted by atomic mass is 79.9. The zero-order chi connectivity index (χ0) is 11.1. The van der Waals surface area contributed by atoms with Gasteiger partial charge in [-0.1, -0.05) is 15.9 Å². The molecule has 0 spiro atoms. The van der Waals surface area contributed by atoms with Crippen molar-refractivity contribution in [2.75, 3.05) is 11.4 Å². The van der Waals surface area contributed by atoms with E-state index in [1.807, 2.05) is 4.90 Å². The smallest absolute Gasteiger partial charge is 0.242 e. The molecule has 1 amide bonds. The summed E-state index contributed by atoms with van der Waals surface area (Å²) in [6.45, 7) is 0.827. The fourth-order valence-corrected chi connectivity index (χ4v) is 4.06. The van der Waals surface area contributed by atoms with E-state index in [0.717, 1.165) is 37.4 Å². The van der Waals surface area contributed by atoms with Crippen molar-refractivity contribution in [3.05, 3.63) is 10.6 Å². The van der Waals surface area contributed by atoms with E-state index < -0.39 is 0 Å². The maximum Gasteiger partial charge on any atom is 0.242 e. The first kappa shape index (κ1) is 10.7. The van der Waals surface area contributed by atoms with Crippen LogP contribution in [0.5, 0.6) is 0 Å². The predicted molar refractivity (Wildman–Crippen MR) is 68.4 cm³/mol. The summed E-state index contributed by atoms with van der Waals surface area (Å²) in [5.41, 5.74) is 1.23. The zero-order valence-corrected chi connectivity index (χ0v) is 11.3. The number of rotatable bonds is 1. The lowest BCUT2D eigenvalue weighted by Gasteiger charge is -2.27. The number of carbonyl (C=O) groups is 1. The Morgan fingerprint density at radius 1 is 1.38 bits per heavy atom. The Bertz CT molecular complexity index is 410.